The molecule has 110 valence electrons. The number of nitrogens with zero attached hydrogens (tertiary/aromatic N) is 2. The van der Waals surface area contributed by atoms with Crippen molar-refractivity contribution in [1.29, 1.82) is 0 Å². The normalized spacial score (nSPS) is 20.9. The highest BCUT2D eigenvalue weighted by molar-refractivity contribution is 6.00. The van der Waals surface area contributed by atoms with Crippen LogP contribution in [0, 0.1) is 6.92 Å². The number of hydrogen-bond acceptors (Lipinski definition) is 5. The van der Waals surface area contributed by atoms with E-state index in [9.17, 15) is 0 Å². The molecule has 1 N–H and O–H groups in total. The van der Waals surface area contributed by atoms with Gasteiger partial charge in [-0.3, -0.25) is 0 Å². The third kappa shape index (κ3) is 3.71. The first-order chi connectivity index (χ1) is 9.60. The van der Waals surface area contributed by atoms with Crippen molar-refractivity contribution in [1.82, 2.24) is 4.90 Å². The third-order valence-electron chi connectivity index (χ3n) is 3.44. The van der Waals surface area contributed by atoms with E-state index in [4.69, 9.17) is 14.7 Å². The summed E-state index contributed by atoms with van der Waals surface area (Å²) in [5.74, 6) is 0.733. The number of ether oxygens (including phenoxy) is 2. The van der Waals surface area contributed by atoms with E-state index in [0.717, 1.165) is 36.6 Å². The molecule has 1 aliphatic heterocycles. The summed E-state index contributed by atoms with van der Waals surface area (Å²) in [7, 11) is 2.08. The molecule has 5 nitrogen and oxygen atoms in total. The number of benzene rings is 1. The van der Waals surface area contributed by atoms with Crippen molar-refractivity contribution < 1.29 is 14.7 Å². The molecule has 0 radical (unpaired) electrons. The zero-order valence-corrected chi connectivity index (χ0v) is 12.3. The van der Waals surface area contributed by atoms with Crippen molar-refractivity contribution >= 4 is 5.71 Å². The molecule has 0 bridgehead atoms. The van der Waals surface area contributed by atoms with Gasteiger partial charge < -0.3 is 19.6 Å². The van der Waals surface area contributed by atoms with E-state index < -0.39 is 0 Å². The highest BCUT2D eigenvalue weighted by atomic mass is 16.5. The lowest BCUT2D eigenvalue weighted by Gasteiger charge is -2.30. The fraction of sp³-hybridized carbons (Fsp3) is 0.533. The topological polar surface area (TPSA) is 54.3 Å². The molecule has 1 heterocycles. The molecule has 0 spiro atoms. The molecule has 20 heavy (non-hydrogen) atoms. The van der Waals surface area contributed by atoms with Crippen LogP contribution in [0.25, 0.3) is 0 Å². The van der Waals surface area contributed by atoms with Crippen LogP contribution in [-0.2, 0) is 4.74 Å². The van der Waals surface area contributed by atoms with Crippen LogP contribution in [0.5, 0.6) is 5.75 Å². The second-order valence-corrected chi connectivity index (χ2v) is 5.25. The average Bonchev–Trinajstić information content (AvgIpc) is 2.44. The van der Waals surface area contributed by atoms with E-state index in [1.807, 2.05) is 25.1 Å². The van der Waals surface area contributed by atoms with Crippen molar-refractivity contribution in [2.24, 2.45) is 5.16 Å². The van der Waals surface area contributed by atoms with E-state index in [0.29, 0.717) is 12.3 Å². The van der Waals surface area contributed by atoms with E-state index in [-0.39, 0.29) is 6.10 Å². The van der Waals surface area contributed by atoms with Crippen molar-refractivity contribution in [2.45, 2.75) is 20.0 Å². The van der Waals surface area contributed by atoms with Gasteiger partial charge in [0.1, 0.15) is 18.5 Å². The van der Waals surface area contributed by atoms with E-state index >= 15 is 0 Å². The van der Waals surface area contributed by atoms with Gasteiger partial charge in [-0.15, -0.1) is 0 Å². The Labute approximate surface area is 119 Å². The Hall–Kier alpha value is -1.59. The number of likely N-dealkylation sites (N-methyl/N-ethyl adjacent to an activating group) is 1. The van der Waals surface area contributed by atoms with Crippen LogP contribution in [-0.4, -0.2) is 55.3 Å². The number of rotatable bonds is 4. The van der Waals surface area contributed by atoms with Crippen molar-refractivity contribution in [3.8, 4) is 5.75 Å². The second-order valence-electron chi connectivity index (χ2n) is 5.25. The molecule has 1 aliphatic rings. The van der Waals surface area contributed by atoms with E-state index in [1.165, 1.54) is 0 Å². The molecule has 2 rings (SSSR count). The molecule has 1 fully saturated rings. The quantitative estimate of drug-likeness (QED) is 0.519. The smallest absolute Gasteiger partial charge is 0.128 e. The number of morpholine rings is 1. The first kappa shape index (κ1) is 14.8. The summed E-state index contributed by atoms with van der Waals surface area (Å²) in [5.41, 5.74) is 2.46. The Morgan fingerprint density at radius 2 is 2.35 bits per heavy atom. The number of hydrogen-bond donors (Lipinski definition) is 1. The van der Waals surface area contributed by atoms with E-state index in [2.05, 4.69) is 17.1 Å². The van der Waals surface area contributed by atoms with Crippen molar-refractivity contribution in [2.75, 3.05) is 33.4 Å². The fourth-order valence-corrected chi connectivity index (χ4v) is 2.25. The molecule has 5 heteroatoms. The van der Waals surface area contributed by atoms with Crippen LogP contribution >= 0.6 is 0 Å². The molecule has 1 aromatic carbocycles. The summed E-state index contributed by atoms with van der Waals surface area (Å²) in [6.45, 7) is 6.83. The minimum Gasteiger partial charge on any atom is -0.490 e. The van der Waals surface area contributed by atoms with Gasteiger partial charge in [-0.1, -0.05) is 11.2 Å². The molecule has 1 unspecified atom stereocenters. The predicted molar refractivity (Wildman–Crippen MR) is 77.9 cm³/mol. The Kier molecular flexibility index (Phi) is 4.98. The van der Waals surface area contributed by atoms with Crippen LogP contribution in [0.1, 0.15) is 18.1 Å². The highest BCUT2D eigenvalue weighted by Crippen LogP contribution is 2.22. The Morgan fingerprint density at radius 3 is 3.05 bits per heavy atom. The lowest BCUT2D eigenvalue weighted by molar-refractivity contribution is -0.0403. The molecule has 0 aliphatic carbocycles. The summed E-state index contributed by atoms with van der Waals surface area (Å²) in [6.07, 6.45) is 0.0773. The molecule has 0 aromatic heterocycles. The molecule has 1 atom stereocenters. The maximum Gasteiger partial charge on any atom is 0.128 e. The lowest BCUT2D eigenvalue weighted by atomic mass is 10.1. The second kappa shape index (κ2) is 6.72. The standard InChI is InChI=1S/C15H22N2O3/c1-11-4-5-14(12(2)16-18)15(8-11)20-10-13-9-17(3)6-7-19-13/h4-5,8,13,18H,6-7,9-10H2,1-3H3. The summed E-state index contributed by atoms with van der Waals surface area (Å²) >= 11 is 0. The zero-order chi connectivity index (χ0) is 14.5. The van der Waals surface area contributed by atoms with Gasteiger partial charge in [0.25, 0.3) is 0 Å². The van der Waals surface area contributed by atoms with Gasteiger partial charge in [-0.25, -0.2) is 0 Å². The van der Waals surface area contributed by atoms with Crippen LogP contribution in [0.2, 0.25) is 0 Å². The molecule has 1 aromatic rings. The lowest BCUT2D eigenvalue weighted by Crippen LogP contribution is -2.42. The Balaban J connectivity index is 2.06. The van der Waals surface area contributed by atoms with Gasteiger partial charge in [-0.05, 0) is 38.6 Å². The van der Waals surface area contributed by atoms with Gasteiger partial charge >= 0.3 is 0 Å². The van der Waals surface area contributed by atoms with Crippen LogP contribution < -0.4 is 4.74 Å². The number of oxime groups is 1. The van der Waals surface area contributed by atoms with Gasteiger partial charge in [0.15, 0.2) is 0 Å². The van der Waals surface area contributed by atoms with Gasteiger partial charge in [0.05, 0.1) is 12.3 Å². The molecular formula is C15H22N2O3. The third-order valence-corrected chi connectivity index (χ3v) is 3.44. The monoisotopic (exact) mass is 278 g/mol. The minimum atomic E-state index is 0.0773. The summed E-state index contributed by atoms with van der Waals surface area (Å²) in [5, 5.41) is 12.2. The Bertz CT molecular complexity index is 488. The summed E-state index contributed by atoms with van der Waals surface area (Å²) < 4.78 is 11.6. The largest absolute Gasteiger partial charge is 0.490 e. The van der Waals surface area contributed by atoms with Crippen molar-refractivity contribution in [3.05, 3.63) is 29.3 Å². The van der Waals surface area contributed by atoms with Gasteiger partial charge in [0, 0.05) is 18.7 Å². The maximum absolute atomic E-state index is 8.93. The molecule has 0 saturated carbocycles. The van der Waals surface area contributed by atoms with Crippen LogP contribution in [0.3, 0.4) is 0 Å². The van der Waals surface area contributed by atoms with Gasteiger partial charge in [-0.2, -0.15) is 0 Å². The predicted octanol–water partition coefficient (Wildman–Crippen LogP) is 1.90. The first-order valence-corrected chi connectivity index (χ1v) is 6.82. The first-order valence-electron chi connectivity index (χ1n) is 6.82. The van der Waals surface area contributed by atoms with Crippen molar-refractivity contribution in [3.63, 3.8) is 0 Å². The molecular weight excluding hydrogens is 256 g/mol. The van der Waals surface area contributed by atoms with Crippen LogP contribution in [0.15, 0.2) is 23.4 Å². The van der Waals surface area contributed by atoms with Gasteiger partial charge in [0.2, 0.25) is 0 Å². The fourth-order valence-electron chi connectivity index (χ4n) is 2.25. The number of aryl methyl sites for hydroxylation is 1. The summed E-state index contributed by atoms with van der Waals surface area (Å²) in [4.78, 5) is 2.23. The Morgan fingerprint density at radius 1 is 1.55 bits per heavy atom. The maximum atomic E-state index is 8.93. The zero-order valence-electron chi connectivity index (χ0n) is 12.3. The average molecular weight is 278 g/mol. The van der Waals surface area contributed by atoms with Crippen LogP contribution in [0.4, 0.5) is 0 Å². The minimum absolute atomic E-state index is 0.0773. The van der Waals surface area contributed by atoms with E-state index in [1.54, 1.807) is 6.92 Å². The highest BCUT2D eigenvalue weighted by Gasteiger charge is 2.19. The summed E-state index contributed by atoms with van der Waals surface area (Å²) in [6, 6.07) is 5.84. The molecule has 1 saturated heterocycles. The SMILES string of the molecule is CC(=NO)c1ccc(C)cc1OCC1CN(C)CCO1. The molecule has 0 amide bonds.